The Bertz CT molecular complexity index is 557. The van der Waals surface area contributed by atoms with Gasteiger partial charge in [-0.1, -0.05) is 5.16 Å². The molecule has 1 aromatic rings. The summed E-state index contributed by atoms with van der Waals surface area (Å²) in [5.74, 6) is 0.860. The summed E-state index contributed by atoms with van der Waals surface area (Å²) in [4.78, 5) is 11.8. The van der Waals surface area contributed by atoms with Gasteiger partial charge in [0.05, 0.1) is 17.2 Å². The standard InChI is InChI=1S/C12H18N2O4S/c1-8-11(9(2)18-14-8)6-13-12(15)5-10-3-4-19(16,17)7-10/h10H,3-7H2,1-2H3,(H,13,15). The first-order valence-electron chi connectivity index (χ1n) is 6.26. The van der Waals surface area contributed by atoms with Gasteiger partial charge in [-0.2, -0.15) is 0 Å². The fraction of sp³-hybridized carbons (Fsp3) is 0.667. The van der Waals surface area contributed by atoms with Crippen molar-refractivity contribution in [2.24, 2.45) is 5.92 Å². The van der Waals surface area contributed by atoms with Crippen LogP contribution in [0, 0.1) is 19.8 Å². The second-order valence-electron chi connectivity index (χ2n) is 5.05. The third-order valence-electron chi connectivity index (χ3n) is 3.44. The highest BCUT2D eigenvalue weighted by Crippen LogP contribution is 2.21. The molecular formula is C12H18N2O4S. The van der Waals surface area contributed by atoms with Crippen molar-refractivity contribution in [3.8, 4) is 0 Å². The fourth-order valence-corrected chi connectivity index (χ4v) is 4.17. The van der Waals surface area contributed by atoms with Crippen molar-refractivity contribution in [3.05, 3.63) is 17.0 Å². The van der Waals surface area contributed by atoms with Crippen LogP contribution in [0.25, 0.3) is 0 Å². The van der Waals surface area contributed by atoms with Gasteiger partial charge in [-0.05, 0) is 26.2 Å². The van der Waals surface area contributed by atoms with Crippen molar-refractivity contribution >= 4 is 15.7 Å². The highest BCUT2D eigenvalue weighted by atomic mass is 32.2. The van der Waals surface area contributed by atoms with E-state index in [9.17, 15) is 13.2 Å². The first kappa shape index (κ1) is 14.0. The summed E-state index contributed by atoms with van der Waals surface area (Å²) in [7, 11) is -2.92. The van der Waals surface area contributed by atoms with Gasteiger partial charge in [0.2, 0.25) is 5.91 Å². The van der Waals surface area contributed by atoms with E-state index in [2.05, 4.69) is 10.5 Å². The lowest BCUT2D eigenvalue weighted by atomic mass is 10.0. The first-order valence-corrected chi connectivity index (χ1v) is 8.08. The van der Waals surface area contributed by atoms with Gasteiger partial charge in [0.15, 0.2) is 9.84 Å². The molecule has 1 amide bonds. The quantitative estimate of drug-likeness (QED) is 0.881. The first-order chi connectivity index (χ1) is 8.87. The summed E-state index contributed by atoms with van der Waals surface area (Å²) in [6.07, 6.45) is 0.851. The Kier molecular flexibility index (Phi) is 3.93. The summed E-state index contributed by atoms with van der Waals surface area (Å²) in [5.41, 5.74) is 1.65. The molecule has 1 atom stereocenters. The molecule has 7 heteroatoms. The van der Waals surface area contributed by atoms with Crippen LogP contribution in [-0.4, -0.2) is 31.0 Å². The van der Waals surface area contributed by atoms with E-state index in [0.717, 1.165) is 11.3 Å². The second-order valence-corrected chi connectivity index (χ2v) is 7.28. The largest absolute Gasteiger partial charge is 0.361 e. The Morgan fingerprint density at radius 1 is 1.47 bits per heavy atom. The number of amides is 1. The normalized spacial score (nSPS) is 21.5. The Morgan fingerprint density at radius 3 is 2.74 bits per heavy atom. The lowest BCUT2D eigenvalue weighted by molar-refractivity contribution is -0.122. The number of hydrogen-bond donors (Lipinski definition) is 1. The van der Waals surface area contributed by atoms with Crippen molar-refractivity contribution in [2.75, 3.05) is 11.5 Å². The number of aromatic nitrogens is 1. The van der Waals surface area contributed by atoms with E-state index in [1.165, 1.54) is 0 Å². The number of carbonyl (C=O) groups excluding carboxylic acids is 1. The molecule has 1 unspecified atom stereocenters. The number of nitrogens with zero attached hydrogens (tertiary/aromatic N) is 1. The van der Waals surface area contributed by atoms with Crippen molar-refractivity contribution in [1.82, 2.24) is 10.5 Å². The molecule has 106 valence electrons. The minimum absolute atomic E-state index is 0.0466. The van der Waals surface area contributed by atoms with Gasteiger partial charge in [0.1, 0.15) is 5.76 Å². The predicted octanol–water partition coefficient (Wildman–Crippen LogP) is 0.732. The molecule has 2 rings (SSSR count). The lowest BCUT2D eigenvalue weighted by Gasteiger charge is -2.08. The Morgan fingerprint density at radius 2 is 2.21 bits per heavy atom. The van der Waals surface area contributed by atoms with Crippen LogP contribution in [0.2, 0.25) is 0 Å². The average Bonchev–Trinajstić information content (AvgIpc) is 2.80. The minimum Gasteiger partial charge on any atom is -0.361 e. The Balaban J connectivity index is 1.83. The Hall–Kier alpha value is -1.37. The van der Waals surface area contributed by atoms with Crippen LogP contribution in [0.5, 0.6) is 0 Å². The van der Waals surface area contributed by atoms with Gasteiger partial charge in [0.25, 0.3) is 0 Å². The minimum atomic E-state index is -2.92. The lowest BCUT2D eigenvalue weighted by Crippen LogP contribution is -2.25. The Labute approximate surface area is 112 Å². The van der Waals surface area contributed by atoms with Crippen LogP contribution < -0.4 is 5.32 Å². The molecule has 1 fully saturated rings. The highest BCUT2D eigenvalue weighted by Gasteiger charge is 2.29. The molecule has 6 nitrogen and oxygen atoms in total. The molecule has 19 heavy (non-hydrogen) atoms. The molecule has 1 saturated heterocycles. The second kappa shape index (κ2) is 5.32. The van der Waals surface area contributed by atoms with Gasteiger partial charge in [-0.15, -0.1) is 0 Å². The van der Waals surface area contributed by atoms with Crippen LogP contribution in [0.1, 0.15) is 29.9 Å². The van der Waals surface area contributed by atoms with Crippen LogP contribution in [0.4, 0.5) is 0 Å². The molecule has 0 aromatic carbocycles. The van der Waals surface area contributed by atoms with Crippen molar-refractivity contribution < 1.29 is 17.7 Å². The number of nitrogens with one attached hydrogen (secondary N) is 1. The molecule has 1 N–H and O–H groups in total. The third kappa shape index (κ3) is 3.56. The molecular weight excluding hydrogens is 268 g/mol. The highest BCUT2D eigenvalue weighted by molar-refractivity contribution is 7.91. The average molecular weight is 286 g/mol. The van der Waals surface area contributed by atoms with E-state index < -0.39 is 9.84 Å². The number of aryl methyl sites for hydroxylation is 2. The van der Waals surface area contributed by atoms with Gasteiger partial charge in [-0.25, -0.2) is 8.42 Å². The monoisotopic (exact) mass is 286 g/mol. The van der Waals surface area contributed by atoms with E-state index in [-0.39, 0.29) is 29.8 Å². The molecule has 0 spiro atoms. The summed E-state index contributed by atoms with van der Waals surface area (Å²) in [6, 6.07) is 0. The maximum atomic E-state index is 11.8. The molecule has 0 bridgehead atoms. The number of carbonyl (C=O) groups is 1. The van der Waals surface area contributed by atoms with Gasteiger partial charge in [0, 0.05) is 18.5 Å². The molecule has 1 aliphatic rings. The predicted molar refractivity (Wildman–Crippen MR) is 69.2 cm³/mol. The zero-order valence-electron chi connectivity index (χ0n) is 11.1. The van der Waals surface area contributed by atoms with Crippen molar-refractivity contribution in [3.63, 3.8) is 0 Å². The number of rotatable bonds is 4. The molecule has 0 aliphatic carbocycles. The van der Waals surface area contributed by atoms with Gasteiger partial charge >= 0.3 is 0 Å². The topological polar surface area (TPSA) is 89.3 Å². The van der Waals surface area contributed by atoms with Gasteiger partial charge < -0.3 is 9.84 Å². The summed E-state index contributed by atoms with van der Waals surface area (Å²) in [5, 5.41) is 6.60. The molecule has 1 aliphatic heterocycles. The van der Waals surface area contributed by atoms with E-state index >= 15 is 0 Å². The number of hydrogen-bond acceptors (Lipinski definition) is 5. The van der Waals surface area contributed by atoms with Crippen LogP contribution in [-0.2, 0) is 21.2 Å². The van der Waals surface area contributed by atoms with E-state index in [4.69, 9.17) is 4.52 Å². The van der Waals surface area contributed by atoms with Gasteiger partial charge in [-0.3, -0.25) is 4.79 Å². The maximum Gasteiger partial charge on any atom is 0.220 e. The van der Waals surface area contributed by atoms with Crippen LogP contribution in [0.15, 0.2) is 4.52 Å². The van der Waals surface area contributed by atoms with E-state index in [0.29, 0.717) is 18.7 Å². The smallest absolute Gasteiger partial charge is 0.220 e. The summed E-state index contributed by atoms with van der Waals surface area (Å²) >= 11 is 0. The summed E-state index contributed by atoms with van der Waals surface area (Å²) < 4.78 is 27.6. The zero-order valence-corrected chi connectivity index (χ0v) is 11.9. The molecule has 1 aromatic heterocycles. The van der Waals surface area contributed by atoms with E-state index in [1.807, 2.05) is 6.92 Å². The van der Waals surface area contributed by atoms with Crippen molar-refractivity contribution in [1.29, 1.82) is 0 Å². The van der Waals surface area contributed by atoms with E-state index in [1.54, 1.807) is 6.92 Å². The van der Waals surface area contributed by atoms with Crippen molar-refractivity contribution in [2.45, 2.75) is 33.2 Å². The van der Waals surface area contributed by atoms with Crippen LogP contribution in [0.3, 0.4) is 0 Å². The maximum absolute atomic E-state index is 11.8. The summed E-state index contributed by atoms with van der Waals surface area (Å²) in [6.45, 7) is 3.99. The number of sulfone groups is 1. The SMILES string of the molecule is Cc1noc(C)c1CNC(=O)CC1CCS(=O)(=O)C1. The van der Waals surface area contributed by atoms with Crippen LogP contribution >= 0.6 is 0 Å². The molecule has 0 saturated carbocycles. The third-order valence-corrected chi connectivity index (χ3v) is 5.28. The molecule has 0 radical (unpaired) electrons. The fourth-order valence-electron chi connectivity index (χ4n) is 2.31. The zero-order chi connectivity index (χ0) is 14.0. The molecule has 2 heterocycles.